The van der Waals surface area contributed by atoms with Crippen LogP contribution in [0.3, 0.4) is 0 Å². The summed E-state index contributed by atoms with van der Waals surface area (Å²) in [6.45, 7) is 23.6. The molecule has 0 radical (unpaired) electrons. The van der Waals surface area contributed by atoms with Crippen molar-refractivity contribution >= 4 is 0 Å². The molecule has 0 amide bonds. The molecular formula is C18H39N. The van der Waals surface area contributed by atoms with Gasteiger partial charge in [-0.1, -0.05) is 41.5 Å². The van der Waals surface area contributed by atoms with Crippen LogP contribution >= 0.6 is 0 Å². The Morgan fingerprint density at radius 3 is 1.53 bits per heavy atom. The van der Waals surface area contributed by atoms with Gasteiger partial charge >= 0.3 is 0 Å². The number of hydrogen-bond donors (Lipinski definition) is 0. The maximum absolute atomic E-state index is 2.60. The van der Waals surface area contributed by atoms with Crippen LogP contribution in [-0.4, -0.2) is 23.0 Å². The number of hydrogen-bond acceptors (Lipinski definition) is 1. The first-order chi connectivity index (χ1) is 8.19. The summed E-state index contributed by atoms with van der Waals surface area (Å²) in [5, 5.41) is 0. The van der Waals surface area contributed by atoms with Crippen LogP contribution in [0.15, 0.2) is 0 Å². The summed E-state index contributed by atoms with van der Waals surface area (Å²) in [5.41, 5.74) is 0.856. The van der Waals surface area contributed by atoms with E-state index >= 15 is 0 Å². The average molecular weight is 270 g/mol. The van der Waals surface area contributed by atoms with E-state index in [1.807, 2.05) is 0 Å². The molecule has 1 nitrogen and oxygen atoms in total. The third-order valence-corrected chi connectivity index (χ3v) is 4.74. The highest BCUT2D eigenvalue weighted by Crippen LogP contribution is 2.37. The Morgan fingerprint density at radius 1 is 0.789 bits per heavy atom. The first kappa shape index (κ1) is 19.0. The van der Waals surface area contributed by atoms with Crippen LogP contribution in [0.5, 0.6) is 0 Å². The summed E-state index contributed by atoms with van der Waals surface area (Å²) in [7, 11) is 2.30. The quantitative estimate of drug-likeness (QED) is 0.607. The molecule has 0 aromatic rings. The highest BCUT2D eigenvalue weighted by Gasteiger charge is 2.38. The number of rotatable bonds is 6. The van der Waals surface area contributed by atoms with Crippen molar-refractivity contribution in [2.45, 2.75) is 93.2 Å². The minimum Gasteiger partial charge on any atom is -0.296 e. The monoisotopic (exact) mass is 269 g/mol. The van der Waals surface area contributed by atoms with Gasteiger partial charge in [0.2, 0.25) is 0 Å². The zero-order valence-corrected chi connectivity index (χ0v) is 15.5. The summed E-state index contributed by atoms with van der Waals surface area (Å²) in [5.74, 6) is 1.53. The third-order valence-electron chi connectivity index (χ3n) is 4.74. The Kier molecular flexibility index (Phi) is 6.15. The standard InChI is InChI=1S/C18H39N/c1-14(2)15(3)12-17(7,8)19(11)18(9,10)13-16(4,5)6/h14-15H,12-13H2,1-11H3. The van der Waals surface area contributed by atoms with Gasteiger partial charge in [0.05, 0.1) is 0 Å². The second kappa shape index (κ2) is 6.16. The van der Waals surface area contributed by atoms with Crippen molar-refractivity contribution in [3.8, 4) is 0 Å². The highest BCUT2D eigenvalue weighted by molar-refractivity contribution is 4.93. The van der Waals surface area contributed by atoms with Crippen molar-refractivity contribution in [1.82, 2.24) is 4.90 Å². The molecule has 19 heavy (non-hydrogen) atoms. The van der Waals surface area contributed by atoms with Gasteiger partial charge in [-0.3, -0.25) is 4.90 Å². The lowest BCUT2D eigenvalue weighted by Gasteiger charge is -2.50. The van der Waals surface area contributed by atoms with E-state index in [0.717, 1.165) is 11.8 Å². The minimum atomic E-state index is 0.235. The first-order valence-corrected chi connectivity index (χ1v) is 7.93. The van der Waals surface area contributed by atoms with Crippen LogP contribution in [0.4, 0.5) is 0 Å². The van der Waals surface area contributed by atoms with E-state index in [4.69, 9.17) is 0 Å². The molecule has 116 valence electrons. The van der Waals surface area contributed by atoms with Gasteiger partial charge in [0.15, 0.2) is 0 Å². The lowest BCUT2D eigenvalue weighted by atomic mass is 9.77. The van der Waals surface area contributed by atoms with Gasteiger partial charge in [0.1, 0.15) is 0 Å². The molecule has 0 heterocycles. The molecule has 0 aliphatic heterocycles. The largest absolute Gasteiger partial charge is 0.296 e. The summed E-state index contributed by atoms with van der Waals surface area (Å²) >= 11 is 0. The Labute approximate surface area is 123 Å². The van der Waals surface area contributed by atoms with E-state index < -0.39 is 0 Å². The molecule has 0 aromatic carbocycles. The van der Waals surface area contributed by atoms with Gasteiger partial charge in [-0.25, -0.2) is 0 Å². The molecule has 0 aromatic heterocycles. The Hall–Kier alpha value is -0.0400. The van der Waals surface area contributed by atoms with E-state index in [1.54, 1.807) is 0 Å². The smallest absolute Gasteiger partial charge is 0.0160 e. The molecule has 0 aliphatic rings. The molecule has 0 saturated heterocycles. The van der Waals surface area contributed by atoms with Gasteiger partial charge in [-0.15, -0.1) is 0 Å². The van der Waals surface area contributed by atoms with Crippen molar-refractivity contribution in [2.75, 3.05) is 7.05 Å². The summed E-state index contributed by atoms with van der Waals surface area (Å²) in [6, 6.07) is 0. The SMILES string of the molecule is CC(C)C(C)CC(C)(C)N(C)C(C)(C)CC(C)(C)C. The lowest BCUT2D eigenvalue weighted by Crippen LogP contribution is -2.55. The van der Waals surface area contributed by atoms with E-state index in [9.17, 15) is 0 Å². The fourth-order valence-corrected chi connectivity index (χ4v) is 3.40. The topological polar surface area (TPSA) is 3.24 Å². The molecule has 0 rings (SSSR count). The molecule has 0 spiro atoms. The molecule has 0 bridgehead atoms. The zero-order valence-electron chi connectivity index (χ0n) is 15.5. The lowest BCUT2D eigenvalue weighted by molar-refractivity contribution is 0.00287. The second-order valence-corrected chi connectivity index (χ2v) is 9.35. The summed E-state index contributed by atoms with van der Waals surface area (Å²) in [4.78, 5) is 2.60. The van der Waals surface area contributed by atoms with Crippen LogP contribution in [0, 0.1) is 17.3 Å². The maximum atomic E-state index is 2.60. The van der Waals surface area contributed by atoms with Crippen molar-refractivity contribution < 1.29 is 0 Å². The van der Waals surface area contributed by atoms with E-state index in [0.29, 0.717) is 5.41 Å². The molecule has 0 saturated carbocycles. The van der Waals surface area contributed by atoms with Crippen molar-refractivity contribution in [3.63, 3.8) is 0 Å². The van der Waals surface area contributed by atoms with Crippen LogP contribution in [-0.2, 0) is 0 Å². The summed E-state index contributed by atoms with van der Waals surface area (Å²) < 4.78 is 0. The number of nitrogens with zero attached hydrogens (tertiary/aromatic N) is 1. The van der Waals surface area contributed by atoms with Crippen LogP contribution < -0.4 is 0 Å². The predicted octanol–water partition coefficient (Wildman–Crippen LogP) is 5.59. The van der Waals surface area contributed by atoms with Crippen LogP contribution in [0.1, 0.15) is 82.1 Å². The van der Waals surface area contributed by atoms with Crippen molar-refractivity contribution in [1.29, 1.82) is 0 Å². The molecule has 0 N–H and O–H groups in total. The second-order valence-electron chi connectivity index (χ2n) is 9.35. The summed E-state index contributed by atoms with van der Waals surface area (Å²) in [6.07, 6.45) is 2.48. The molecule has 0 fully saturated rings. The van der Waals surface area contributed by atoms with E-state index in [-0.39, 0.29) is 11.1 Å². The average Bonchev–Trinajstić information content (AvgIpc) is 2.11. The predicted molar refractivity (Wildman–Crippen MR) is 88.6 cm³/mol. The first-order valence-electron chi connectivity index (χ1n) is 7.93. The Balaban J connectivity index is 4.90. The molecule has 0 aliphatic carbocycles. The molecule has 1 atom stereocenters. The van der Waals surface area contributed by atoms with Gasteiger partial charge in [-0.2, -0.15) is 0 Å². The highest BCUT2D eigenvalue weighted by atomic mass is 15.2. The molecule has 1 heteroatoms. The van der Waals surface area contributed by atoms with Gasteiger partial charge in [0, 0.05) is 11.1 Å². The normalized spacial score (nSPS) is 16.3. The fraction of sp³-hybridized carbons (Fsp3) is 1.00. The van der Waals surface area contributed by atoms with Crippen molar-refractivity contribution in [2.24, 2.45) is 17.3 Å². The Morgan fingerprint density at radius 2 is 1.21 bits per heavy atom. The van der Waals surface area contributed by atoms with Gasteiger partial charge in [0.25, 0.3) is 0 Å². The zero-order chi connectivity index (χ0) is 15.6. The van der Waals surface area contributed by atoms with Crippen LogP contribution in [0.25, 0.3) is 0 Å². The molecule has 1 unspecified atom stereocenters. The van der Waals surface area contributed by atoms with Gasteiger partial charge in [-0.05, 0) is 64.8 Å². The molecular weight excluding hydrogens is 230 g/mol. The minimum absolute atomic E-state index is 0.235. The van der Waals surface area contributed by atoms with E-state index in [1.165, 1.54) is 12.8 Å². The van der Waals surface area contributed by atoms with E-state index in [2.05, 4.69) is 81.2 Å². The Bertz CT molecular complexity index is 268. The van der Waals surface area contributed by atoms with Crippen molar-refractivity contribution in [3.05, 3.63) is 0 Å². The fourth-order valence-electron chi connectivity index (χ4n) is 3.40. The van der Waals surface area contributed by atoms with Gasteiger partial charge < -0.3 is 0 Å². The van der Waals surface area contributed by atoms with Crippen LogP contribution in [0.2, 0.25) is 0 Å². The maximum Gasteiger partial charge on any atom is 0.0160 e. The third kappa shape index (κ3) is 6.29.